The first-order valence-corrected chi connectivity index (χ1v) is 9.27. The first kappa shape index (κ1) is 20.0. The van der Waals surface area contributed by atoms with E-state index in [0.29, 0.717) is 32.0 Å². The van der Waals surface area contributed by atoms with Gasteiger partial charge in [-0.25, -0.2) is 4.79 Å². The van der Waals surface area contributed by atoms with Gasteiger partial charge in [0.05, 0.1) is 12.6 Å². The number of ether oxygens (including phenoxy) is 2. The van der Waals surface area contributed by atoms with Gasteiger partial charge >= 0.3 is 6.09 Å². The molecular formula is C18H33N3O4. The van der Waals surface area contributed by atoms with Crippen molar-refractivity contribution in [2.45, 2.75) is 51.7 Å². The number of nitrogens with zero attached hydrogens (tertiary/aromatic N) is 2. The van der Waals surface area contributed by atoms with Crippen molar-refractivity contribution in [1.82, 2.24) is 15.1 Å². The number of carbonyl (C=O) groups is 2. The van der Waals surface area contributed by atoms with Gasteiger partial charge in [-0.1, -0.05) is 0 Å². The largest absolute Gasteiger partial charge is 0.444 e. The lowest BCUT2D eigenvalue weighted by atomic mass is 9.92. The van der Waals surface area contributed by atoms with E-state index in [2.05, 4.69) is 5.32 Å². The summed E-state index contributed by atoms with van der Waals surface area (Å²) in [6.45, 7) is 9.88. The molecule has 7 nitrogen and oxygen atoms in total. The topological polar surface area (TPSA) is 71.1 Å². The van der Waals surface area contributed by atoms with Gasteiger partial charge in [-0.3, -0.25) is 4.79 Å². The fourth-order valence-electron chi connectivity index (χ4n) is 3.44. The zero-order chi connectivity index (χ0) is 18.4. The highest BCUT2D eigenvalue weighted by molar-refractivity contribution is 5.77. The first-order chi connectivity index (χ1) is 11.8. The average Bonchev–Trinajstić information content (AvgIpc) is 2.54. The highest BCUT2D eigenvalue weighted by atomic mass is 16.6. The molecule has 2 rings (SSSR count). The van der Waals surface area contributed by atoms with Crippen molar-refractivity contribution in [3.63, 3.8) is 0 Å². The van der Waals surface area contributed by atoms with E-state index in [9.17, 15) is 9.59 Å². The van der Waals surface area contributed by atoms with Crippen molar-refractivity contribution in [2.75, 3.05) is 46.4 Å². The van der Waals surface area contributed by atoms with Crippen molar-refractivity contribution in [2.24, 2.45) is 5.92 Å². The summed E-state index contributed by atoms with van der Waals surface area (Å²) in [5, 5.41) is 3.31. The van der Waals surface area contributed by atoms with Crippen LogP contribution in [-0.4, -0.2) is 79.9 Å². The SMILES string of the molecule is COC[C@H]1CNCCN1C(=O)CC1CCN(C(=O)OC(C)(C)C)CC1. The molecule has 0 spiro atoms. The maximum Gasteiger partial charge on any atom is 0.410 e. The Kier molecular flexibility index (Phi) is 7.07. The molecule has 0 aromatic heterocycles. The van der Waals surface area contributed by atoms with Crippen molar-refractivity contribution in [1.29, 1.82) is 0 Å². The zero-order valence-electron chi connectivity index (χ0n) is 16.0. The molecule has 144 valence electrons. The molecule has 0 radical (unpaired) electrons. The molecule has 2 saturated heterocycles. The summed E-state index contributed by atoms with van der Waals surface area (Å²) in [7, 11) is 1.67. The summed E-state index contributed by atoms with van der Waals surface area (Å²) in [4.78, 5) is 28.5. The third kappa shape index (κ3) is 6.15. The summed E-state index contributed by atoms with van der Waals surface area (Å²) in [6.07, 6.45) is 2.01. The van der Waals surface area contributed by atoms with Crippen molar-refractivity contribution in [3.05, 3.63) is 0 Å². The lowest BCUT2D eigenvalue weighted by Crippen LogP contribution is -2.55. The third-order valence-corrected chi connectivity index (χ3v) is 4.76. The van der Waals surface area contributed by atoms with Gasteiger partial charge in [-0.05, 0) is 39.5 Å². The van der Waals surface area contributed by atoms with E-state index in [1.54, 1.807) is 12.0 Å². The normalized spacial score (nSPS) is 22.8. The predicted octanol–water partition coefficient (Wildman–Crippen LogP) is 1.47. The Balaban J connectivity index is 1.79. The van der Waals surface area contributed by atoms with Crippen LogP contribution in [0.2, 0.25) is 0 Å². The van der Waals surface area contributed by atoms with Gasteiger partial charge in [0.1, 0.15) is 5.60 Å². The van der Waals surface area contributed by atoms with Crippen molar-refractivity contribution in [3.8, 4) is 0 Å². The Morgan fingerprint density at radius 1 is 1.16 bits per heavy atom. The first-order valence-electron chi connectivity index (χ1n) is 9.27. The van der Waals surface area contributed by atoms with Crippen LogP contribution in [0.3, 0.4) is 0 Å². The molecule has 25 heavy (non-hydrogen) atoms. The number of methoxy groups -OCH3 is 1. The number of hydrogen-bond acceptors (Lipinski definition) is 5. The molecule has 0 bridgehead atoms. The smallest absolute Gasteiger partial charge is 0.410 e. The second-order valence-electron chi connectivity index (χ2n) is 8.02. The third-order valence-electron chi connectivity index (χ3n) is 4.76. The van der Waals surface area contributed by atoms with Gasteiger partial charge in [0.25, 0.3) is 0 Å². The number of carbonyl (C=O) groups excluding carboxylic acids is 2. The van der Waals surface area contributed by atoms with Crippen molar-refractivity contribution >= 4 is 12.0 Å². The molecule has 7 heteroatoms. The molecule has 1 atom stereocenters. The van der Waals surface area contributed by atoms with Crippen LogP contribution in [0.1, 0.15) is 40.0 Å². The van der Waals surface area contributed by atoms with Gasteiger partial charge in [-0.2, -0.15) is 0 Å². The van der Waals surface area contributed by atoms with E-state index in [1.165, 1.54) is 0 Å². The fraction of sp³-hybridized carbons (Fsp3) is 0.889. The van der Waals surface area contributed by atoms with Gasteiger partial charge in [-0.15, -0.1) is 0 Å². The van der Waals surface area contributed by atoms with Gasteiger partial charge in [0.15, 0.2) is 0 Å². The maximum atomic E-state index is 12.7. The molecule has 0 unspecified atom stereocenters. The van der Waals surface area contributed by atoms with Crippen LogP contribution in [-0.2, 0) is 14.3 Å². The summed E-state index contributed by atoms with van der Waals surface area (Å²) in [6, 6.07) is 0.119. The summed E-state index contributed by atoms with van der Waals surface area (Å²) < 4.78 is 10.7. The Morgan fingerprint density at radius 3 is 2.44 bits per heavy atom. The molecule has 2 amide bonds. The Hall–Kier alpha value is -1.34. The second-order valence-corrected chi connectivity index (χ2v) is 8.02. The van der Waals surface area contributed by atoms with Crippen LogP contribution in [0.25, 0.3) is 0 Å². The van der Waals surface area contributed by atoms with Crippen LogP contribution < -0.4 is 5.32 Å². The van der Waals surface area contributed by atoms with E-state index < -0.39 is 5.60 Å². The maximum absolute atomic E-state index is 12.7. The quantitative estimate of drug-likeness (QED) is 0.827. The predicted molar refractivity (Wildman–Crippen MR) is 95.4 cm³/mol. The molecule has 1 N–H and O–H groups in total. The van der Waals surface area contributed by atoms with Gasteiger partial charge in [0.2, 0.25) is 5.91 Å². The molecule has 0 aliphatic carbocycles. The standard InChI is InChI=1S/C18H33N3O4/c1-18(2,3)25-17(23)20-8-5-14(6-9-20)11-16(22)21-10-7-19-12-15(21)13-24-4/h14-15,19H,5-13H2,1-4H3/t15-/m1/s1. The fourth-order valence-corrected chi connectivity index (χ4v) is 3.44. The van der Waals surface area contributed by atoms with Gasteiger partial charge in [0, 0.05) is 46.3 Å². The molecule has 2 aliphatic heterocycles. The highest BCUT2D eigenvalue weighted by Crippen LogP contribution is 2.23. The minimum Gasteiger partial charge on any atom is -0.444 e. The van der Waals surface area contributed by atoms with E-state index >= 15 is 0 Å². The van der Waals surface area contributed by atoms with Crippen LogP contribution in [0.5, 0.6) is 0 Å². The highest BCUT2D eigenvalue weighted by Gasteiger charge is 2.31. The Morgan fingerprint density at radius 2 is 1.84 bits per heavy atom. The average molecular weight is 355 g/mol. The van der Waals surface area contributed by atoms with Crippen molar-refractivity contribution < 1.29 is 19.1 Å². The molecule has 2 heterocycles. The molecule has 2 fully saturated rings. The number of likely N-dealkylation sites (tertiary alicyclic amines) is 1. The number of piperazine rings is 1. The minimum atomic E-state index is -0.470. The lowest BCUT2D eigenvalue weighted by molar-refractivity contribution is -0.137. The molecule has 2 aliphatic rings. The van der Waals surface area contributed by atoms with Crippen LogP contribution in [0, 0.1) is 5.92 Å². The molecular weight excluding hydrogens is 322 g/mol. The number of amides is 2. The molecule has 0 saturated carbocycles. The van der Waals surface area contributed by atoms with E-state index in [0.717, 1.165) is 32.5 Å². The van der Waals surface area contributed by atoms with E-state index in [-0.39, 0.29) is 18.0 Å². The second kappa shape index (κ2) is 8.85. The Bertz CT molecular complexity index is 454. The monoisotopic (exact) mass is 355 g/mol. The number of piperidine rings is 1. The molecule has 0 aromatic rings. The minimum absolute atomic E-state index is 0.119. The number of rotatable bonds is 4. The number of hydrogen-bond donors (Lipinski definition) is 1. The van der Waals surface area contributed by atoms with E-state index in [1.807, 2.05) is 25.7 Å². The Labute approximate surface area is 151 Å². The summed E-state index contributed by atoms with van der Waals surface area (Å²) in [5.74, 6) is 0.545. The van der Waals surface area contributed by atoms with Crippen LogP contribution in [0.15, 0.2) is 0 Å². The zero-order valence-corrected chi connectivity index (χ0v) is 16.0. The summed E-state index contributed by atoms with van der Waals surface area (Å²) in [5.41, 5.74) is -0.470. The van der Waals surface area contributed by atoms with Crippen LogP contribution >= 0.6 is 0 Å². The molecule has 0 aromatic carbocycles. The van der Waals surface area contributed by atoms with Crippen LogP contribution in [0.4, 0.5) is 4.79 Å². The van der Waals surface area contributed by atoms with E-state index in [4.69, 9.17) is 9.47 Å². The number of nitrogens with one attached hydrogen (secondary N) is 1. The lowest BCUT2D eigenvalue weighted by Gasteiger charge is -2.38. The van der Waals surface area contributed by atoms with Gasteiger partial charge < -0.3 is 24.6 Å². The summed E-state index contributed by atoms with van der Waals surface area (Å²) >= 11 is 0.